The lowest BCUT2D eigenvalue weighted by molar-refractivity contribution is 0.302. The first-order valence-corrected chi connectivity index (χ1v) is 9.07. The van der Waals surface area contributed by atoms with E-state index in [1.165, 1.54) is 0 Å². The van der Waals surface area contributed by atoms with Crippen LogP contribution in [-0.2, 0) is 13.2 Å². The fourth-order valence-corrected chi connectivity index (χ4v) is 2.87. The van der Waals surface area contributed by atoms with Crippen molar-refractivity contribution in [3.05, 3.63) is 93.4 Å². The third-order valence-corrected chi connectivity index (χ3v) is 4.36. The molecule has 0 saturated heterocycles. The van der Waals surface area contributed by atoms with Crippen molar-refractivity contribution >= 4 is 33.2 Å². The van der Waals surface area contributed by atoms with Gasteiger partial charge in [-0.05, 0) is 48.0 Å². The molecule has 5 heteroatoms. The van der Waals surface area contributed by atoms with Crippen molar-refractivity contribution in [1.82, 2.24) is 5.43 Å². The number of halogens is 2. The molecule has 2 N–H and O–H groups in total. The summed E-state index contributed by atoms with van der Waals surface area (Å²) in [6.07, 6.45) is 0. The lowest BCUT2D eigenvalue weighted by Crippen LogP contribution is -2.21. The molecule has 0 unspecified atom stereocenters. The van der Waals surface area contributed by atoms with E-state index in [1.807, 2.05) is 66.7 Å². The second-order valence-electron chi connectivity index (χ2n) is 5.51. The molecule has 0 atom stereocenters. The van der Waals surface area contributed by atoms with Gasteiger partial charge in [0.05, 0.1) is 0 Å². The highest BCUT2D eigenvalue weighted by atomic mass is 79.9. The molecule has 0 aliphatic carbocycles. The van der Waals surface area contributed by atoms with Gasteiger partial charge in [0.1, 0.15) is 12.4 Å². The van der Waals surface area contributed by atoms with Crippen LogP contribution in [0, 0.1) is 0 Å². The Hall–Kier alpha value is -2.01. The second-order valence-corrected chi connectivity index (χ2v) is 6.86. The molecule has 0 aromatic heterocycles. The van der Waals surface area contributed by atoms with Crippen molar-refractivity contribution < 1.29 is 4.74 Å². The quantitative estimate of drug-likeness (QED) is 0.477. The summed E-state index contributed by atoms with van der Waals surface area (Å²) in [6, 6.07) is 23.7. The van der Waals surface area contributed by atoms with E-state index in [-0.39, 0.29) is 0 Å². The maximum Gasteiger partial charge on any atom is 0.124 e. The fraction of sp³-hybridized carbons (Fsp3) is 0.100. The van der Waals surface area contributed by atoms with E-state index >= 15 is 0 Å². The van der Waals surface area contributed by atoms with E-state index in [2.05, 4.69) is 32.8 Å². The first-order valence-electron chi connectivity index (χ1n) is 7.90. The maximum absolute atomic E-state index is 5.99. The molecule has 0 bridgehead atoms. The van der Waals surface area contributed by atoms with E-state index in [0.29, 0.717) is 13.2 Å². The van der Waals surface area contributed by atoms with Crippen LogP contribution in [-0.4, -0.2) is 0 Å². The summed E-state index contributed by atoms with van der Waals surface area (Å²) in [6.45, 7) is 1.13. The average Bonchev–Trinajstić information content (AvgIpc) is 2.63. The standard InChI is InChI=1S/C20H18BrClN2O/c21-17-8-11-20(25-14-15-6-9-18(22)10-7-15)16(12-17)13-23-24-19-4-2-1-3-5-19/h1-12,23-24H,13-14H2. The molecule has 3 aromatic rings. The Morgan fingerprint density at radius 2 is 1.68 bits per heavy atom. The second kappa shape index (κ2) is 8.90. The highest BCUT2D eigenvalue weighted by Gasteiger charge is 2.05. The normalized spacial score (nSPS) is 10.5. The third-order valence-electron chi connectivity index (χ3n) is 3.62. The topological polar surface area (TPSA) is 33.3 Å². The number of para-hydroxylation sites is 1. The molecule has 0 radical (unpaired) electrons. The Morgan fingerprint density at radius 3 is 2.44 bits per heavy atom. The summed E-state index contributed by atoms with van der Waals surface area (Å²) in [5.41, 5.74) is 9.56. The van der Waals surface area contributed by atoms with Crippen LogP contribution < -0.4 is 15.6 Å². The largest absolute Gasteiger partial charge is 0.489 e. The minimum atomic E-state index is 0.498. The van der Waals surface area contributed by atoms with Gasteiger partial charge < -0.3 is 10.2 Å². The molecular formula is C20H18BrClN2O. The van der Waals surface area contributed by atoms with Gasteiger partial charge >= 0.3 is 0 Å². The smallest absolute Gasteiger partial charge is 0.124 e. The number of hydrogen-bond donors (Lipinski definition) is 2. The fourth-order valence-electron chi connectivity index (χ4n) is 2.33. The summed E-state index contributed by atoms with van der Waals surface area (Å²) in [5.74, 6) is 0.848. The molecule has 3 aromatic carbocycles. The molecule has 0 fully saturated rings. The SMILES string of the molecule is Clc1ccc(COc2ccc(Br)cc2CNNc2ccccc2)cc1. The van der Waals surface area contributed by atoms with Crippen LogP contribution in [0.15, 0.2) is 77.3 Å². The van der Waals surface area contributed by atoms with Gasteiger partial charge in [-0.3, -0.25) is 0 Å². The van der Waals surface area contributed by atoms with Crippen LogP contribution in [0.3, 0.4) is 0 Å². The maximum atomic E-state index is 5.99. The zero-order valence-electron chi connectivity index (χ0n) is 13.5. The lowest BCUT2D eigenvalue weighted by Gasteiger charge is -2.14. The van der Waals surface area contributed by atoms with Crippen LogP contribution in [0.25, 0.3) is 0 Å². The van der Waals surface area contributed by atoms with Gasteiger partial charge in [-0.1, -0.05) is 57.9 Å². The van der Waals surface area contributed by atoms with Gasteiger partial charge in [0, 0.05) is 27.3 Å². The summed E-state index contributed by atoms with van der Waals surface area (Å²) >= 11 is 9.44. The first-order chi connectivity index (χ1) is 12.2. The van der Waals surface area contributed by atoms with Crippen molar-refractivity contribution in [2.75, 3.05) is 5.43 Å². The van der Waals surface area contributed by atoms with Gasteiger partial charge in [0.25, 0.3) is 0 Å². The Bertz CT molecular complexity index is 810. The summed E-state index contributed by atoms with van der Waals surface area (Å²) in [4.78, 5) is 0. The minimum absolute atomic E-state index is 0.498. The zero-order valence-corrected chi connectivity index (χ0v) is 15.8. The number of benzene rings is 3. The van der Waals surface area contributed by atoms with Gasteiger partial charge in [0.2, 0.25) is 0 Å². The van der Waals surface area contributed by atoms with Crippen molar-refractivity contribution in [2.45, 2.75) is 13.2 Å². The molecule has 3 rings (SSSR count). The first kappa shape index (κ1) is 17.8. The Labute approximate surface area is 161 Å². The van der Waals surface area contributed by atoms with Gasteiger partial charge in [-0.2, -0.15) is 0 Å². The molecule has 128 valence electrons. The Kier molecular flexibility index (Phi) is 6.34. The monoisotopic (exact) mass is 416 g/mol. The van der Waals surface area contributed by atoms with E-state index in [1.54, 1.807) is 0 Å². The van der Waals surface area contributed by atoms with Gasteiger partial charge in [-0.25, -0.2) is 5.43 Å². The van der Waals surface area contributed by atoms with Crippen LogP contribution in [0.5, 0.6) is 5.75 Å². The Morgan fingerprint density at radius 1 is 0.920 bits per heavy atom. The predicted octanol–water partition coefficient (Wildman–Crippen LogP) is 5.80. The van der Waals surface area contributed by atoms with Crippen molar-refractivity contribution in [3.8, 4) is 5.75 Å². The summed E-state index contributed by atoms with van der Waals surface area (Å²) in [5, 5.41) is 0.726. The van der Waals surface area contributed by atoms with E-state index in [4.69, 9.17) is 16.3 Å². The van der Waals surface area contributed by atoms with Crippen LogP contribution in [0.2, 0.25) is 5.02 Å². The number of nitrogens with one attached hydrogen (secondary N) is 2. The molecule has 0 spiro atoms. The number of ether oxygens (including phenoxy) is 1. The van der Waals surface area contributed by atoms with Crippen molar-refractivity contribution in [1.29, 1.82) is 0 Å². The molecule has 0 amide bonds. The number of rotatable bonds is 7. The van der Waals surface area contributed by atoms with E-state index in [0.717, 1.165) is 32.1 Å². The molecule has 0 heterocycles. The molecular weight excluding hydrogens is 400 g/mol. The van der Waals surface area contributed by atoms with Crippen molar-refractivity contribution in [2.24, 2.45) is 0 Å². The lowest BCUT2D eigenvalue weighted by atomic mass is 10.2. The number of hydrazine groups is 1. The molecule has 25 heavy (non-hydrogen) atoms. The minimum Gasteiger partial charge on any atom is -0.489 e. The molecule has 0 aliphatic rings. The third kappa shape index (κ3) is 5.49. The van der Waals surface area contributed by atoms with E-state index < -0.39 is 0 Å². The highest BCUT2D eigenvalue weighted by Crippen LogP contribution is 2.24. The highest BCUT2D eigenvalue weighted by molar-refractivity contribution is 9.10. The Balaban J connectivity index is 1.62. The van der Waals surface area contributed by atoms with E-state index in [9.17, 15) is 0 Å². The molecule has 0 aliphatic heterocycles. The average molecular weight is 418 g/mol. The number of anilines is 1. The van der Waals surface area contributed by atoms with Crippen LogP contribution in [0.1, 0.15) is 11.1 Å². The van der Waals surface area contributed by atoms with Crippen LogP contribution in [0.4, 0.5) is 5.69 Å². The molecule has 3 nitrogen and oxygen atoms in total. The zero-order chi connectivity index (χ0) is 17.5. The van der Waals surface area contributed by atoms with Crippen molar-refractivity contribution in [3.63, 3.8) is 0 Å². The van der Waals surface area contributed by atoms with Crippen LogP contribution >= 0.6 is 27.5 Å². The van der Waals surface area contributed by atoms with Gasteiger partial charge in [-0.15, -0.1) is 0 Å². The summed E-state index contributed by atoms with van der Waals surface area (Å²) < 4.78 is 7.01. The van der Waals surface area contributed by atoms with Gasteiger partial charge in [0.15, 0.2) is 0 Å². The number of hydrogen-bond acceptors (Lipinski definition) is 3. The summed E-state index contributed by atoms with van der Waals surface area (Å²) in [7, 11) is 0. The molecule has 0 saturated carbocycles. The predicted molar refractivity (Wildman–Crippen MR) is 107 cm³/mol.